The van der Waals surface area contributed by atoms with E-state index in [1.165, 1.54) is 6.08 Å². The van der Waals surface area contributed by atoms with E-state index >= 15 is 0 Å². The van der Waals surface area contributed by atoms with E-state index in [0.29, 0.717) is 6.42 Å². The average Bonchev–Trinajstić information content (AvgIpc) is 2.75. The van der Waals surface area contributed by atoms with Crippen molar-refractivity contribution in [1.29, 1.82) is 0 Å². The number of rotatable bonds is 4. The van der Waals surface area contributed by atoms with Crippen LogP contribution in [0.25, 0.3) is 11.1 Å². The first-order valence-electron chi connectivity index (χ1n) is 6.02. The van der Waals surface area contributed by atoms with Crippen molar-refractivity contribution in [3.63, 3.8) is 0 Å². The van der Waals surface area contributed by atoms with Crippen molar-refractivity contribution in [2.45, 2.75) is 13.3 Å². The molecule has 1 aromatic carbocycles. The highest BCUT2D eigenvalue weighted by Crippen LogP contribution is 2.19. The fraction of sp³-hybridized carbons (Fsp3) is 0.200. The summed E-state index contributed by atoms with van der Waals surface area (Å²) in [6.07, 6.45) is 5.68. The van der Waals surface area contributed by atoms with Crippen LogP contribution in [0.2, 0.25) is 0 Å². The SMILES string of the molecule is C/C(=C\C(=O)O)Cc1ccc(-c2cnn(C)c2)cc1. The Morgan fingerprint density at radius 3 is 2.53 bits per heavy atom. The lowest BCUT2D eigenvalue weighted by atomic mass is 10.0. The van der Waals surface area contributed by atoms with Gasteiger partial charge < -0.3 is 5.11 Å². The van der Waals surface area contributed by atoms with Gasteiger partial charge in [-0.15, -0.1) is 0 Å². The molecule has 0 aliphatic carbocycles. The molecule has 0 fully saturated rings. The van der Waals surface area contributed by atoms with Gasteiger partial charge in [-0.1, -0.05) is 29.8 Å². The Bertz CT molecular complexity index is 609. The van der Waals surface area contributed by atoms with E-state index in [4.69, 9.17) is 5.11 Å². The van der Waals surface area contributed by atoms with Gasteiger partial charge in [-0.3, -0.25) is 4.68 Å². The number of hydrogen-bond acceptors (Lipinski definition) is 2. The minimum Gasteiger partial charge on any atom is -0.478 e. The number of carboxylic acid groups (broad SMARTS) is 1. The molecule has 1 heterocycles. The molecule has 0 radical (unpaired) electrons. The molecule has 0 aliphatic heterocycles. The molecule has 0 amide bonds. The molecule has 0 saturated heterocycles. The van der Waals surface area contributed by atoms with Crippen molar-refractivity contribution in [2.75, 3.05) is 0 Å². The molecule has 0 unspecified atom stereocenters. The van der Waals surface area contributed by atoms with Crippen LogP contribution in [0.4, 0.5) is 0 Å². The Morgan fingerprint density at radius 1 is 1.32 bits per heavy atom. The van der Waals surface area contributed by atoms with Crippen LogP contribution >= 0.6 is 0 Å². The van der Waals surface area contributed by atoms with Gasteiger partial charge in [-0.05, 0) is 24.5 Å². The van der Waals surface area contributed by atoms with E-state index in [1.54, 1.807) is 4.68 Å². The first kappa shape index (κ1) is 13.1. The first-order valence-corrected chi connectivity index (χ1v) is 6.02. The Labute approximate surface area is 112 Å². The van der Waals surface area contributed by atoms with Gasteiger partial charge in [0.2, 0.25) is 0 Å². The largest absolute Gasteiger partial charge is 0.478 e. The lowest BCUT2D eigenvalue weighted by Crippen LogP contribution is -1.93. The molecule has 2 aromatic rings. The van der Waals surface area contributed by atoms with Crippen molar-refractivity contribution in [1.82, 2.24) is 9.78 Å². The van der Waals surface area contributed by atoms with E-state index in [-0.39, 0.29) is 0 Å². The number of hydrogen-bond donors (Lipinski definition) is 1. The highest BCUT2D eigenvalue weighted by molar-refractivity contribution is 5.80. The van der Waals surface area contributed by atoms with Gasteiger partial charge >= 0.3 is 5.97 Å². The summed E-state index contributed by atoms with van der Waals surface area (Å²) in [5, 5.41) is 12.8. The molecule has 0 bridgehead atoms. The van der Waals surface area contributed by atoms with Crippen molar-refractivity contribution >= 4 is 5.97 Å². The normalized spacial score (nSPS) is 11.6. The Morgan fingerprint density at radius 2 is 2.00 bits per heavy atom. The molecular weight excluding hydrogens is 240 g/mol. The zero-order valence-electron chi connectivity index (χ0n) is 11.0. The number of aryl methyl sites for hydroxylation is 1. The monoisotopic (exact) mass is 256 g/mol. The van der Waals surface area contributed by atoms with Gasteiger partial charge in [0.1, 0.15) is 0 Å². The van der Waals surface area contributed by atoms with Crippen molar-refractivity contribution in [3.05, 3.63) is 53.9 Å². The Hall–Kier alpha value is -2.36. The second-order valence-corrected chi connectivity index (χ2v) is 4.61. The number of nitrogens with zero attached hydrogens (tertiary/aromatic N) is 2. The molecule has 0 spiro atoms. The lowest BCUT2D eigenvalue weighted by Gasteiger charge is -2.03. The van der Waals surface area contributed by atoms with Crippen molar-refractivity contribution < 1.29 is 9.90 Å². The summed E-state index contributed by atoms with van der Waals surface area (Å²) in [5.74, 6) is -0.899. The van der Waals surface area contributed by atoms with Crippen LogP contribution in [0.15, 0.2) is 48.3 Å². The van der Waals surface area contributed by atoms with Crippen molar-refractivity contribution in [2.24, 2.45) is 7.05 Å². The van der Waals surface area contributed by atoms with E-state index in [9.17, 15) is 4.79 Å². The fourth-order valence-corrected chi connectivity index (χ4v) is 1.97. The molecule has 1 N–H and O–H groups in total. The zero-order valence-corrected chi connectivity index (χ0v) is 11.0. The third-order valence-corrected chi connectivity index (χ3v) is 2.84. The molecule has 0 saturated carbocycles. The van der Waals surface area contributed by atoms with Crippen molar-refractivity contribution in [3.8, 4) is 11.1 Å². The van der Waals surface area contributed by atoms with Crippen LogP contribution < -0.4 is 0 Å². The number of carboxylic acids is 1. The number of aliphatic carboxylic acids is 1. The summed E-state index contributed by atoms with van der Waals surface area (Å²) in [6, 6.07) is 8.09. The average molecular weight is 256 g/mol. The molecule has 4 heteroatoms. The van der Waals surface area contributed by atoms with Crippen LogP contribution in [0.5, 0.6) is 0 Å². The third kappa shape index (κ3) is 3.55. The molecule has 4 nitrogen and oxygen atoms in total. The van der Waals surface area contributed by atoms with Crippen LogP contribution in [0.1, 0.15) is 12.5 Å². The maximum atomic E-state index is 10.6. The molecule has 2 rings (SSSR count). The smallest absolute Gasteiger partial charge is 0.328 e. The Balaban J connectivity index is 2.13. The van der Waals surface area contributed by atoms with Crippen LogP contribution in [-0.2, 0) is 18.3 Å². The van der Waals surface area contributed by atoms with E-state index in [2.05, 4.69) is 5.10 Å². The number of carbonyl (C=O) groups is 1. The zero-order chi connectivity index (χ0) is 13.8. The van der Waals surface area contributed by atoms with Gasteiger partial charge in [-0.2, -0.15) is 5.10 Å². The molecule has 0 aliphatic rings. The number of allylic oxidation sites excluding steroid dienone is 1. The van der Waals surface area contributed by atoms with Gasteiger partial charge in [-0.25, -0.2) is 4.79 Å². The summed E-state index contributed by atoms with van der Waals surface area (Å²) >= 11 is 0. The predicted molar refractivity (Wildman–Crippen MR) is 73.7 cm³/mol. The van der Waals surface area contributed by atoms with Crippen LogP contribution in [0, 0.1) is 0 Å². The molecule has 19 heavy (non-hydrogen) atoms. The maximum Gasteiger partial charge on any atom is 0.328 e. The van der Waals surface area contributed by atoms with Gasteiger partial charge in [0.05, 0.1) is 6.20 Å². The maximum absolute atomic E-state index is 10.6. The molecular formula is C15H16N2O2. The quantitative estimate of drug-likeness (QED) is 0.856. The summed E-state index contributed by atoms with van der Waals surface area (Å²) in [4.78, 5) is 10.6. The molecule has 98 valence electrons. The summed E-state index contributed by atoms with van der Waals surface area (Å²) in [7, 11) is 1.89. The number of benzene rings is 1. The van der Waals surface area contributed by atoms with Gasteiger partial charge in [0.15, 0.2) is 0 Å². The highest BCUT2D eigenvalue weighted by atomic mass is 16.4. The molecule has 1 aromatic heterocycles. The van der Waals surface area contributed by atoms with E-state index in [0.717, 1.165) is 22.3 Å². The van der Waals surface area contributed by atoms with E-state index in [1.807, 2.05) is 50.6 Å². The Kier molecular flexibility index (Phi) is 3.80. The minimum absolute atomic E-state index is 0.652. The predicted octanol–water partition coefficient (Wildman–Crippen LogP) is 2.66. The van der Waals surface area contributed by atoms with Crippen LogP contribution in [0.3, 0.4) is 0 Å². The van der Waals surface area contributed by atoms with Gasteiger partial charge in [0, 0.05) is 24.9 Å². The van der Waals surface area contributed by atoms with Crippen LogP contribution in [-0.4, -0.2) is 20.9 Å². The second kappa shape index (κ2) is 5.52. The fourth-order valence-electron chi connectivity index (χ4n) is 1.97. The van der Waals surface area contributed by atoms with Gasteiger partial charge in [0.25, 0.3) is 0 Å². The minimum atomic E-state index is -0.899. The topological polar surface area (TPSA) is 55.1 Å². The van der Waals surface area contributed by atoms with E-state index < -0.39 is 5.97 Å². The first-order chi connectivity index (χ1) is 9.04. The number of aromatic nitrogens is 2. The highest BCUT2D eigenvalue weighted by Gasteiger charge is 2.01. The lowest BCUT2D eigenvalue weighted by molar-refractivity contribution is -0.131. The molecule has 0 atom stereocenters. The third-order valence-electron chi connectivity index (χ3n) is 2.84. The second-order valence-electron chi connectivity index (χ2n) is 4.61. The standard InChI is InChI=1S/C15H16N2O2/c1-11(8-15(18)19)7-12-3-5-13(6-4-12)14-9-16-17(2)10-14/h3-6,8-10H,7H2,1-2H3,(H,18,19)/b11-8+. The summed E-state index contributed by atoms with van der Waals surface area (Å²) in [6.45, 7) is 1.82. The summed E-state index contributed by atoms with van der Waals surface area (Å²) in [5.41, 5.74) is 4.12. The summed E-state index contributed by atoms with van der Waals surface area (Å²) < 4.78 is 1.77.